The van der Waals surface area contributed by atoms with Gasteiger partial charge < -0.3 is 0 Å². The van der Waals surface area contributed by atoms with Crippen molar-refractivity contribution in [3.05, 3.63) is 36.1 Å². The first kappa shape index (κ1) is 11.0. The predicted octanol–water partition coefficient (Wildman–Crippen LogP) is 3.89. The highest BCUT2D eigenvalue weighted by molar-refractivity contribution is 5.91. The van der Waals surface area contributed by atoms with Gasteiger partial charge in [-0.05, 0) is 18.1 Å². The summed E-state index contributed by atoms with van der Waals surface area (Å²) < 4.78 is 0. The molecule has 0 aliphatic carbocycles. The summed E-state index contributed by atoms with van der Waals surface area (Å²) in [6.45, 7) is 12.5. The van der Waals surface area contributed by atoms with E-state index >= 15 is 0 Å². The van der Waals surface area contributed by atoms with E-state index in [9.17, 15) is 0 Å². The molecule has 1 heterocycles. The van der Waals surface area contributed by atoms with Crippen molar-refractivity contribution in [3.8, 4) is 0 Å². The summed E-state index contributed by atoms with van der Waals surface area (Å²) in [5.41, 5.74) is 3.58. The van der Waals surface area contributed by atoms with Gasteiger partial charge in [0.05, 0.1) is 0 Å². The van der Waals surface area contributed by atoms with Crippen LogP contribution >= 0.6 is 0 Å². The van der Waals surface area contributed by atoms with Gasteiger partial charge >= 0.3 is 0 Å². The Balaban J connectivity index is 2.97. The molecule has 0 amide bonds. The van der Waals surface area contributed by atoms with Crippen LogP contribution in [0.1, 0.15) is 34.1 Å². The molecule has 0 radical (unpaired) electrons. The summed E-state index contributed by atoms with van der Waals surface area (Å²) >= 11 is 0. The van der Waals surface area contributed by atoms with Crippen LogP contribution in [0.5, 0.6) is 0 Å². The molecule has 0 N–H and O–H groups in total. The summed E-state index contributed by atoms with van der Waals surface area (Å²) in [7, 11) is 0. The Labute approximate surface area is 86.9 Å². The van der Waals surface area contributed by atoms with Gasteiger partial charge in [-0.3, -0.25) is 4.99 Å². The zero-order valence-corrected chi connectivity index (χ0v) is 9.59. The van der Waals surface area contributed by atoms with Crippen LogP contribution in [-0.4, -0.2) is 5.71 Å². The molecule has 0 fully saturated rings. The van der Waals surface area contributed by atoms with E-state index in [4.69, 9.17) is 0 Å². The number of aliphatic imine (C=N–C) groups is 1. The summed E-state index contributed by atoms with van der Waals surface area (Å²) in [4.78, 5) is 4.53. The van der Waals surface area contributed by atoms with E-state index in [0.29, 0.717) is 0 Å². The normalized spacial score (nSPS) is 17.1. The van der Waals surface area contributed by atoms with Crippen molar-refractivity contribution in [2.45, 2.75) is 34.1 Å². The molecule has 1 aliphatic rings. The fourth-order valence-corrected chi connectivity index (χ4v) is 1.29. The zero-order chi connectivity index (χ0) is 10.8. The van der Waals surface area contributed by atoms with Gasteiger partial charge in [-0.25, -0.2) is 0 Å². The van der Waals surface area contributed by atoms with Gasteiger partial charge in [0, 0.05) is 23.7 Å². The molecule has 0 saturated heterocycles. The second-order valence-corrected chi connectivity index (χ2v) is 4.80. The summed E-state index contributed by atoms with van der Waals surface area (Å²) in [6.07, 6.45) is 7.13. The Morgan fingerprint density at radius 2 is 2.07 bits per heavy atom. The highest BCUT2D eigenvalue weighted by Gasteiger charge is 2.17. The van der Waals surface area contributed by atoms with E-state index in [1.165, 1.54) is 5.71 Å². The molecule has 1 heteroatoms. The van der Waals surface area contributed by atoms with Crippen molar-refractivity contribution >= 4 is 5.71 Å². The molecule has 1 rings (SSSR count). The summed E-state index contributed by atoms with van der Waals surface area (Å²) in [5.74, 6) is 0. The third kappa shape index (κ3) is 2.69. The smallest absolute Gasteiger partial charge is 0.0342 e. The highest BCUT2D eigenvalue weighted by Crippen LogP contribution is 2.22. The van der Waals surface area contributed by atoms with Gasteiger partial charge in [-0.2, -0.15) is 0 Å². The van der Waals surface area contributed by atoms with E-state index in [2.05, 4.69) is 44.5 Å². The molecule has 0 saturated carbocycles. The van der Waals surface area contributed by atoms with Crippen molar-refractivity contribution in [3.63, 3.8) is 0 Å². The van der Waals surface area contributed by atoms with Crippen LogP contribution in [0, 0.1) is 5.41 Å². The van der Waals surface area contributed by atoms with Gasteiger partial charge in [0.25, 0.3) is 0 Å². The quantitative estimate of drug-likeness (QED) is 0.593. The van der Waals surface area contributed by atoms with Crippen LogP contribution in [0.3, 0.4) is 0 Å². The van der Waals surface area contributed by atoms with E-state index in [-0.39, 0.29) is 5.41 Å². The Hall–Kier alpha value is -1.11. The number of allylic oxidation sites excluding steroid dienone is 4. The third-order valence-electron chi connectivity index (χ3n) is 2.33. The van der Waals surface area contributed by atoms with Crippen molar-refractivity contribution in [1.29, 1.82) is 0 Å². The molecule has 0 aromatic heterocycles. The van der Waals surface area contributed by atoms with Crippen molar-refractivity contribution < 1.29 is 0 Å². The monoisotopic (exact) mass is 189 g/mol. The van der Waals surface area contributed by atoms with Crippen LogP contribution in [-0.2, 0) is 0 Å². The molecular formula is C13H19N. The maximum Gasteiger partial charge on any atom is 0.0342 e. The topological polar surface area (TPSA) is 12.4 Å². The lowest BCUT2D eigenvalue weighted by molar-refractivity contribution is 0.583. The van der Waals surface area contributed by atoms with Crippen molar-refractivity contribution in [1.82, 2.24) is 0 Å². The lowest BCUT2D eigenvalue weighted by atomic mass is 9.88. The molecule has 0 aromatic rings. The maximum absolute atomic E-state index is 4.53. The second-order valence-electron chi connectivity index (χ2n) is 4.80. The first-order valence-corrected chi connectivity index (χ1v) is 5.01. The van der Waals surface area contributed by atoms with Crippen LogP contribution < -0.4 is 0 Å². The molecule has 76 valence electrons. The summed E-state index contributed by atoms with van der Waals surface area (Å²) in [5, 5.41) is 0. The standard InChI is InChI=1S/C13H19N/c1-10(2)11-7-6-8-12(14-9-11)13(3,4)5/h6-7,9H,1,8H2,2-5H3. The third-order valence-corrected chi connectivity index (χ3v) is 2.33. The average Bonchev–Trinajstić information content (AvgIpc) is 2.26. The molecule has 1 aliphatic heterocycles. The van der Waals surface area contributed by atoms with Gasteiger partial charge in [-0.1, -0.05) is 39.5 Å². The van der Waals surface area contributed by atoms with E-state index in [0.717, 1.165) is 17.6 Å². The highest BCUT2D eigenvalue weighted by atomic mass is 14.7. The largest absolute Gasteiger partial charge is 0.264 e. The maximum atomic E-state index is 4.53. The molecule has 0 bridgehead atoms. The molecule has 0 atom stereocenters. The lowest BCUT2D eigenvalue weighted by Crippen LogP contribution is -2.19. The Morgan fingerprint density at radius 1 is 1.43 bits per heavy atom. The van der Waals surface area contributed by atoms with Crippen LogP contribution in [0.4, 0.5) is 0 Å². The van der Waals surface area contributed by atoms with E-state index < -0.39 is 0 Å². The molecule has 0 aromatic carbocycles. The number of nitrogens with zero attached hydrogens (tertiary/aromatic N) is 1. The molecule has 0 unspecified atom stereocenters. The average molecular weight is 189 g/mol. The minimum absolute atomic E-state index is 0.158. The molecule has 14 heavy (non-hydrogen) atoms. The van der Waals surface area contributed by atoms with Crippen molar-refractivity contribution in [2.24, 2.45) is 10.4 Å². The van der Waals surface area contributed by atoms with Crippen molar-refractivity contribution in [2.75, 3.05) is 0 Å². The Kier molecular flexibility index (Phi) is 3.10. The number of rotatable bonds is 1. The lowest BCUT2D eigenvalue weighted by Gasteiger charge is -2.19. The SMILES string of the molecule is C=C(C)C1=CN=C(C(C)(C)C)CC=C1. The Morgan fingerprint density at radius 3 is 2.57 bits per heavy atom. The second kappa shape index (κ2) is 3.95. The van der Waals surface area contributed by atoms with E-state index in [1.807, 2.05) is 13.1 Å². The molecule has 0 spiro atoms. The summed E-state index contributed by atoms with van der Waals surface area (Å²) in [6, 6.07) is 0. The van der Waals surface area contributed by atoms with Gasteiger partial charge in [0.15, 0.2) is 0 Å². The minimum Gasteiger partial charge on any atom is -0.264 e. The molecular weight excluding hydrogens is 170 g/mol. The zero-order valence-electron chi connectivity index (χ0n) is 9.59. The van der Waals surface area contributed by atoms with Crippen LogP contribution in [0.25, 0.3) is 0 Å². The van der Waals surface area contributed by atoms with Gasteiger partial charge in [0.2, 0.25) is 0 Å². The minimum atomic E-state index is 0.158. The predicted molar refractivity (Wildman–Crippen MR) is 63.5 cm³/mol. The van der Waals surface area contributed by atoms with Crippen LogP contribution in [0.2, 0.25) is 0 Å². The number of hydrogen-bond acceptors (Lipinski definition) is 1. The molecule has 1 nitrogen and oxygen atoms in total. The van der Waals surface area contributed by atoms with E-state index in [1.54, 1.807) is 0 Å². The number of hydrogen-bond donors (Lipinski definition) is 0. The van der Waals surface area contributed by atoms with Gasteiger partial charge in [-0.15, -0.1) is 0 Å². The fourth-order valence-electron chi connectivity index (χ4n) is 1.29. The fraction of sp³-hybridized carbons (Fsp3) is 0.462. The van der Waals surface area contributed by atoms with Crippen LogP contribution in [0.15, 0.2) is 41.1 Å². The first-order chi connectivity index (χ1) is 6.41. The first-order valence-electron chi connectivity index (χ1n) is 5.01. The Bertz CT molecular complexity index is 322. The van der Waals surface area contributed by atoms with Gasteiger partial charge in [0.1, 0.15) is 0 Å².